The number of hydrogen-bond donors (Lipinski definition) is 4. The van der Waals surface area contributed by atoms with Crippen molar-refractivity contribution in [3.8, 4) is 0 Å². The maximum Gasteiger partial charge on any atom is 0.242 e. The lowest BCUT2D eigenvalue weighted by Crippen LogP contribution is -2.46. The number of hydrogen-bond acceptors (Lipinski definition) is 5. The van der Waals surface area contributed by atoms with E-state index in [9.17, 15) is 9.59 Å². The standard InChI is InChI=1S/C11H17N5O2.C8H10/c1-7(16-10(17)4-12)11(18)15-6-8-2-3-9(13)14-5-8;1-2-8-6-4-3-5-7-8/h2-3,5,7H,4,6,12H2,1H3,(H2,13,14)(H,15,18)(H,16,17);3-7H,2H2,1H3. The van der Waals surface area contributed by atoms with Crippen LogP contribution >= 0.6 is 0 Å². The Morgan fingerprint density at radius 3 is 2.31 bits per heavy atom. The van der Waals surface area contributed by atoms with Crippen LogP contribution in [0.1, 0.15) is 25.0 Å². The van der Waals surface area contributed by atoms with Gasteiger partial charge in [0, 0.05) is 12.7 Å². The molecule has 0 fully saturated rings. The molecule has 7 nitrogen and oxygen atoms in total. The number of nitrogens with one attached hydrogen (secondary N) is 2. The van der Waals surface area contributed by atoms with Crippen molar-refractivity contribution in [1.29, 1.82) is 0 Å². The van der Waals surface area contributed by atoms with Gasteiger partial charge in [0.25, 0.3) is 0 Å². The van der Waals surface area contributed by atoms with Crippen LogP contribution < -0.4 is 22.1 Å². The number of rotatable bonds is 6. The Kier molecular flexibility index (Phi) is 9.42. The van der Waals surface area contributed by atoms with E-state index in [0.717, 1.165) is 12.0 Å². The number of benzene rings is 1. The summed E-state index contributed by atoms with van der Waals surface area (Å²) in [5.41, 5.74) is 12.8. The van der Waals surface area contributed by atoms with Crippen LogP contribution in [0.15, 0.2) is 48.7 Å². The van der Waals surface area contributed by atoms with Crippen molar-refractivity contribution in [2.45, 2.75) is 32.9 Å². The maximum atomic E-state index is 11.6. The zero-order chi connectivity index (χ0) is 19.4. The zero-order valence-electron chi connectivity index (χ0n) is 15.2. The fraction of sp³-hybridized carbons (Fsp3) is 0.316. The Balaban J connectivity index is 0.000000350. The summed E-state index contributed by atoms with van der Waals surface area (Å²) in [6.45, 7) is 3.94. The van der Waals surface area contributed by atoms with E-state index in [1.165, 1.54) is 5.56 Å². The van der Waals surface area contributed by atoms with Gasteiger partial charge >= 0.3 is 0 Å². The second-order valence-electron chi connectivity index (χ2n) is 5.64. The lowest BCUT2D eigenvalue weighted by Gasteiger charge is -2.13. The van der Waals surface area contributed by atoms with Crippen LogP contribution in [0, 0.1) is 0 Å². The molecule has 26 heavy (non-hydrogen) atoms. The van der Waals surface area contributed by atoms with Gasteiger partial charge in [-0.2, -0.15) is 0 Å². The Labute approximate surface area is 154 Å². The number of aryl methyl sites for hydroxylation is 1. The Hall–Kier alpha value is -2.93. The Morgan fingerprint density at radius 2 is 1.81 bits per heavy atom. The number of nitrogen functional groups attached to an aromatic ring is 1. The van der Waals surface area contributed by atoms with Gasteiger partial charge in [-0.05, 0) is 30.5 Å². The minimum atomic E-state index is -0.622. The van der Waals surface area contributed by atoms with Gasteiger partial charge < -0.3 is 22.1 Å². The molecule has 1 aromatic carbocycles. The van der Waals surface area contributed by atoms with Gasteiger partial charge in [0.2, 0.25) is 11.8 Å². The Bertz CT molecular complexity index is 674. The average Bonchev–Trinajstić information content (AvgIpc) is 2.68. The molecule has 1 unspecified atom stereocenters. The predicted molar refractivity (Wildman–Crippen MR) is 103 cm³/mol. The predicted octanol–water partition coefficient (Wildman–Crippen LogP) is 0.992. The molecule has 0 aliphatic carbocycles. The number of amides is 2. The molecule has 2 aromatic rings. The smallest absolute Gasteiger partial charge is 0.242 e. The number of nitrogens with zero attached hydrogens (tertiary/aromatic N) is 1. The summed E-state index contributed by atoms with van der Waals surface area (Å²) < 4.78 is 0. The fourth-order valence-corrected chi connectivity index (χ4v) is 1.96. The molecular weight excluding hydrogens is 330 g/mol. The summed E-state index contributed by atoms with van der Waals surface area (Å²) in [5, 5.41) is 5.14. The summed E-state index contributed by atoms with van der Waals surface area (Å²) in [6, 6.07) is 13.3. The molecule has 0 aliphatic heterocycles. The molecule has 1 atom stereocenters. The number of anilines is 1. The number of nitrogens with two attached hydrogens (primary N) is 2. The van der Waals surface area contributed by atoms with Gasteiger partial charge in [-0.3, -0.25) is 9.59 Å². The highest BCUT2D eigenvalue weighted by molar-refractivity contribution is 5.87. The quantitative estimate of drug-likeness (QED) is 0.614. The van der Waals surface area contributed by atoms with Crippen LogP contribution in [0.2, 0.25) is 0 Å². The van der Waals surface area contributed by atoms with Gasteiger partial charge in [-0.25, -0.2) is 4.98 Å². The zero-order valence-corrected chi connectivity index (χ0v) is 15.2. The first-order valence-corrected chi connectivity index (χ1v) is 8.47. The molecule has 0 aliphatic rings. The first-order chi connectivity index (χ1) is 12.5. The molecule has 0 saturated heterocycles. The summed E-state index contributed by atoms with van der Waals surface area (Å²) in [4.78, 5) is 26.5. The second-order valence-corrected chi connectivity index (χ2v) is 5.64. The number of aromatic nitrogens is 1. The van der Waals surface area contributed by atoms with Gasteiger partial charge in [-0.1, -0.05) is 43.3 Å². The molecule has 0 saturated carbocycles. The van der Waals surface area contributed by atoms with E-state index in [1.807, 2.05) is 6.07 Å². The van der Waals surface area contributed by atoms with Crippen LogP contribution in [-0.4, -0.2) is 29.4 Å². The van der Waals surface area contributed by atoms with Crippen molar-refractivity contribution >= 4 is 17.6 Å². The van der Waals surface area contributed by atoms with Gasteiger partial charge in [0.15, 0.2) is 0 Å². The highest BCUT2D eigenvalue weighted by atomic mass is 16.2. The number of carbonyl (C=O) groups is 2. The van der Waals surface area contributed by atoms with Crippen LogP contribution in [-0.2, 0) is 22.6 Å². The number of pyridine rings is 1. The van der Waals surface area contributed by atoms with E-state index < -0.39 is 6.04 Å². The molecular formula is C19H27N5O2. The summed E-state index contributed by atoms with van der Waals surface area (Å²) in [6.07, 6.45) is 2.72. The average molecular weight is 357 g/mol. The maximum absolute atomic E-state index is 11.6. The van der Waals surface area contributed by atoms with Crippen molar-refractivity contribution in [3.63, 3.8) is 0 Å². The molecule has 0 bridgehead atoms. The third kappa shape index (κ3) is 8.25. The summed E-state index contributed by atoms with van der Waals surface area (Å²) >= 11 is 0. The van der Waals surface area contributed by atoms with E-state index in [0.29, 0.717) is 12.4 Å². The molecule has 1 aromatic heterocycles. The molecule has 6 N–H and O–H groups in total. The van der Waals surface area contributed by atoms with E-state index in [1.54, 1.807) is 25.3 Å². The molecule has 0 spiro atoms. The summed E-state index contributed by atoms with van der Waals surface area (Å²) in [7, 11) is 0. The lowest BCUT2D eigenvalue weighted by molar-refractivity contribution is -0.128. The van der Waals surface area contributed by atoms with Gasteiger partial charge in [-0.15, -0.1) is 0 Å². The monoisotopic (exact) mass is 357 g/mol. The first kappa shape index (κ1) is 21.1. The fourth-order valence-electron chi connectivity index (χ4n) is 1.96. The van der Waals surface area contributed by atoms with Gasteiger partial charge in [0.05, 0.1) is 6.54 Å². The van der Waals surface area contributed by atoms with Crippen molar-refractivity contribution in [2.75, 3.05) is 12.3 Å². The molecule has 0 radical (unpaired) electrons. The molecule has 140 valence electrons. The SMILES string of the molecule is CC(NC(=O)CN)C(=O)NCc1ccc(N)nc1.CCc1ccccc1. The second kappa shape index (κ2) is 11.6. The van der Waals surface area contributed by atoms with Crippen LogP contribution in [0.25, 0.3) is 0 Å². The molecule has 7 heteroatoms. The van der Waals surface area contributed by atoms with Crippen molar-refractivity contribution in [2.24, 2.45) is 5.73 Å². The lowest BCUT2D eigenvalue weighted by atomic mass is 10.2. The highest BCUT2D eigenvalue weighted by Gasteiger charge is 2.14. The first-order valence-electron chi connectivity index (χ1n) is 8.47. The van der Waals surface area contributed by atoms with E-state index >= 15 is 0 Å². The van der Waals surface area contributed by atoms with Crippen molar-refractivity contribution in [1.82, 2.24) is 15.6 Å². The van der Waals surface area contributed by atoms with Crippen LogP contribution in [0.4, 0.5) is 5.82 Å². The molecule has 2 rings (SSSR count). The molecule has 2 amide bonds. The van der Waals surface area contributed by atoms with Crippen molar-refractivity contribution < 1.29 is 9.59 Å². The third-order valence-electron chi connectivity index (χ3n) is 3.52. The highest BCUT2D eigenvalue weighted by Crippen LogP contribution is 2.00. The minimum Gasteiger partial charge on any atom is -0.384 e. The summed E-state index contributed by atoms with van der Waals surface area (Å²) in [5.74, 6) is -0.228. The van der Waals surface area contributed by atoms with Crippen molar-refractivity contribution in [3.05, 3.63) is 59.8 Å². The topological polar surface area (TPSA) is 123 Å². The van der Waals surface area contributed by atoms with E-state index in [4.69, 9.17) is 11.5 Å². The third-order valence-corrected chi connectivity index (χ3v) is 3.52. The Morgan fingerprint density at radius 1 is 1.12 bits per heavy atom. The largest absolute Gasteiger partial charge is 0.384 e. The van der Waals surface area contributed by atoms with Crippen LogP contribution in [0.5, 0.6) is 0 Å². The normalized spacial score (nSPS) is 10.9. The molecule has 1 heterocycles. The van der Waals surface area contributed by atoms with Gasteiger partial charge in [0.1, 0.15) is 11.9 Å². The van der Waals surface area contributed by atoms with E-state index in [2.05, 4.69) is 46.8 Å². The van der Waals surface area contributed by atoms with Crippen LogP contribution in [0.3, 0.4) is 0 Å². The minimum absolute atomic E-state index is 0.139. The van der Waals surface area contributed by atoms with E-state index in [-0.39, 0.29) is 18.4 Å². The number of carbonyl (C=O) groups excluding carboxylic acids is 2.